The standard InChI is InChI=1S/C8H10ClN3O/c1-3-12(2)7(13)6-4-10-8(9)11-5-6/h4-5H,3H2,1-2H3. The number of halogens is 1. The average molecular weight is 200 g/mol. The molecule has 0 aliphatic heterocycles. The second-order valence-corrected chi connectivity index (χ2v) is 2.90. The van der Waals surface area contributed by atoms with E-state index < -0.39 is 0 Å². The molecule has 0 saturated carbocycles. The lowest BCUT2D eigenvalue weighted by Crippen LogP contribution is -2.26. The van der Waals surface area contributed by atoms with E-state index >= 15 is 0 Å². The maximum Gasteiger partial charge on any atom is 0.256 e. The average Bonchev–Trinajstić information content (AvgIpc) is 2.17. The highest BCUT2D eigenvalue weighted by atomic mass is 35.5. The smallest absolute Gasteiger partial charge is 0.256 e. The van der Waals surface area contributed by atoms with Crippen molar-refractivity contribution in [2.24, 2.45) is 0 Å². The summed E-state index contributed by atoms with van der Waals surface area (Å²) in [5.41, 5.74) is 0.453. The minimum atomic E-state index is -0.0980. The molecule has 70 valence electrons. The Morgan fingerprint density at radius 1 is 1.54 bits per heavy atom. The Morgan fingerprint density at radius 3 is 2.54 bits per heavy atom. The molecule has 0 aliphatic rings. The normalized spacial score (nSPS) is 9.77. The van der Waals surface area contributed by atoms with Gasteiger partial charge in [-0.3, -0.25) is 4.79 Å². The van der Waals surface area contributed by atoms with E-state index in [1.807, 2.05) is 6.92 Å². The molecule has 0 fully saturated rings. The summed E-state index contributed by atoms with van der Waals surface area (Å²) in [5.74, 6) is -0.0980. The minimum absolute atomic E-state index is 0.0980. The number of carbonyl (C=O) groups is 1. The quantitative estimate of drug-likeness (QED) is 0.673. The Hall–Kier alpha value is -1.16. The van der Waals surface area contributed by atoms with Crippen molar-refractivity contribution in [2.75, 3.05) is 13.6 Å². The number of amides is 1. The molecule has 1 rings (SSSR count). The number of carbonyl (C=O) groups excluding carboxylic acids is 1. The Labute approximate surface area is 81.6 Å². The molecule has 4 nitrogen and oxygen atoms in total. The van der Waals surface area contributed by atoms with Gasteiger partial charge in [-0.15, -0.1) is 0 Å². The topological polar surface area (TPSA) is 46.1 Å². The van der Waals surface area contributed by atoms with E-state index in [9.17, 15) is 4.79 Å². The molecule has 0 radical (unpaired) electrons. The maximum atomic E-state index is 11.5. The van der Waals surface area contributed by atoms with Crippen LogP contribution in [-0.2, 0) is 0 Å². The highest BCUT2D eigenvalue weighted by Gasteiger charge is 2.10. The molecule has 13 heavy (non-hydrogen) atoms. The SMILES string of the molecule is CCN(C)C(=O)c1cnc(Cl)nc1. The van der Waals surface area contributed by atoms with E-state index in [1.165, 1.54) is 12.4 Å². The van der Waals surface area contributed by atoms with Crippen LogP contribution >= 0.6 is 11.6 Å². The van der Waals surface area contributed by atoms with Crippen LogP contribution in [0.5, 0.6) is 0 Å². The first kappa shape index (κ1) is 9.92. The van der Waals surface area contributed by atoms with Crippen LogP contribution in [0, 0.1) is 0 Å². The van der Waals surface area contributed by atoms with E-state index in [4.69, 9.17) is 11.6 Å². The van der Waals surface area contributed by atoms with Crippen molar-refractivity contribution in [3.8, 4) is 0 Å². The molecule has 0 bridgehead atoms. The molecule has 0 spiro atoms. The van der Waals surface area contributed by atoms with Crippen molar-refractivity contribution >= 4 is 17.5 Å². The third kappa shape index (κ3) is 2.39. The molecule has 0 unspecified atom stereocenters. The van der Waals surface area contributed by atoms with Gasteiger partial charge in [-0.1, -0.05) is 0 Å². The monoisotopic (exact) mass is 199 g/mol. The van der Waals surface area contributed by atoms with Crippen LogP contribution in [0.2, 0.25) is 5.28 Å². The zero-order valence-electron chi connectivity index (χ0n) is 7.49. The second kappa shape index (κ2) is 4.18. The Morgan fingerprint density at radius 2 is 2.08 bits per heavy atom. The summed E-state index contributed by atoms with van der Waals surface area (Å²) in [5, 5.41) is 0.149. The first-order valence-corrected chi connectivity index (χ1v) is 4.26. The van der Waals surface area contributed by atoms with E-state index in [-0.39, 0.29) is 11.2 Å². The fraction of sp³-hybridized carbons (Fsp3) is 0.375. The highest BCUT2D eigenvalue weighted by Crippen LogP contribution is 2.03. The van der Waals surface area contributed by atoms with Gasteiger partial charge in [-0.2, -0.15) is 0 Å². The summed E-state index contributed by atoms with van der Waals surface area (Å²) < 4.78 is 0. The van der Waals surface area contributed by atoms with Gasteiger partial charge < -0.3 is 4.90 Å². The highest BCUT2D eigenvalue weighted by molar-refractivity contribution is 6.28. The first-order chi connectivity index (χ1) is 6.15. The summed E-state index contributed by atoms with van der Waals surface area (Å²) in [4.78, 5) is 20.5. The van der Waals surface area contributed by atoms with Gasteiger partial charge in [0.15, 0.2) is 0 Å². The van der Waals surface area contributed by atoms with E-state index in [0.29, 0.717) is 12.1 Å². The van der Waals surface area contributed by atoms with Crippen LogP contribution in [0.15, 0.2) is 12.4 Å². The van der Waals surface area contributed by atoms with Crippen LogP contribution in [0.4, 0.5) is 0 Å². The van der Waals surface area contributed by atoms with Crippen molar-refractivity contribution in [3.63, 3.8) is 0 Å². The van der Waals surface area contributed by atoms with Crippen LogP contribution < -0.4 is 0 Å². The van der Waals surface area contributed by atoms with Gasteiger partial charge >= 0.3 is 0 Å². The summed E-state index contributed by atoms with van der Waals surface area (Å²) >= 11 is 5.48. The third-order valence-corrected chi connectivity index (χ3v) is 1.88. The van der Waals surface area contributed by atoms with Gasteiger partial charge in [0.05, 0.1) is 5.56 Å². The third-order valence-electron chi connectivity index (χ3n) is 1.69. The van der Waals surface area contributed by atoms with Crippen LogP contribution in [0.3, 0.4) is 0 Å². The molecule has 1 aromatic heterocycles. The van der Waals surface area contributed by atoms with Crippen LogP contribution in [0.1, 0.15) is 17.3 Å². The molecule has 0 aromatic carbocycles. The number of rotatable bonds is 2. The van der Waals surface area contributed by atoms with Crippen molar-refractivity contribution in [1.29, 1.82) is 0 Å². The molecule has 5 heteroatoms. The lowest BCUT2D eigenvalue weighted by molar-refractivity contribution is 0.0801. The molecule has 0 saturated heterocycles. The van der Waals surface area contributed by atoms with Crippen molar-refractivity contribution in [2.45, 2.75) is 6.92 Å². The van der Waals surface area contributed by atoms with Gasteiger partial charge in [0.1, 0.15) is 0 Å². The van der Waals surface area contributed by atoms with E-state index in [2.05, 4.69) is 9.97 Å². The summed E-state index contributed by atoms with van der Waals surface area (Å²) in [6, 6.07) is 0. The predicted octanol–water partition coefficient (Wildman–Crippen LogP) is 1.22. The fourth-order valence-corrected chi connectivity index (χ4v) is 0.884. The second-order valence-electron chi connectivity index (χ2n) is 2.56. The van der Waals surface area contributed by atoms with Crippen molar-refractivity contribution in [3.05, 3.63) is 23.2 Å². The molecule has 0 aliphatic carbocycles. The molecule has 0 N–H and O–H groups in total. The van der Waals surface area contributed by atoms with E-state index in [1.54, 1.807) is 11.9 Å². The summed E-state index contributed by atoms with van der Waals surface area (Å²) in [7, 11) is 1.72. The maximum absolute atomic E-state index is 11.5. The van der Waals surface area contributed by atoms with Gasteiger partial charge in [-0.25, -0.2) is 9.97 Å². The Balaban J connectivity index is 2.83. The lowest BCUT2D eigenvalue weighted by atomic mass is 10.3. The number of hydrogen-bond acceptors (Lipinski definition) is 3. The van der Waals surface area contributed by atoms with Crippen LogP contribution in [0.25, 0.3) is 0 Å². The summed E-state index contributed by atoms with van der Waals surface area (Å²) in [6.07, 6.45) is 2.84. The van der Waals surface area contributed by atoms with Crippen molar-refractivity contribution in [1.82, 2.24) is 14.9 Å². The molecule has 1 amide bonds. The molecular weight excluding hydrogens is 190 g/mol. The van der Waals surface area contributed by atoms with E-state index in [0.717, 1.165) is 0 Å². The zero-order chi connectivity index (χ0) is 9.84. The van der Waals surface area contributed by atoms with Crippen molar-refractivity contribution < 1.29 is 4.79 Å². The minimum Gasteiger partial charge on any atom is -0.342 e. The zero-order valence-corrected chi connectivity index (χ0v) is 8.25. The molecular formula is C8H10ClN3O. The van der Waals surface area contributed by atoms with Gasteiger partial charge in [0.2, 0.25) is 5.28 Å². The predicted molar refractivity (Wildman–Crippen MR) is 49.7 cm³/mol. The number of aromatic nitrogens is 2. The molecule has 1 aromatic rings. The Kier molecular flexibility index (Phi) is 3.19. The summed E-state index contributed by atoms with van der Waals surface area (Å²) in [6.45, 7) is 2.55. The molecule has 0 atom stereocenters. The largest absolute Gasteiger partial charge is 0.342 e. The number of nitrogens with zero attached hydrogens (tertiary/aromatic N) is 3. The van der Waals surface area contributed by atoms with Gasteiger partial charge in [-0.05, 0) is 18.5 Å². The Bertz CT molecular complexity index is 299. The van der Waals surface area contributed by atoms with Gasteiger partial charge in [0.25, 0.3) is 5.91 Å². The first-order valence-electron chi connectivity index (χ1n) is 3.88. The van der Waals surface area contributed by atoms with Gasteiger partial charge in [0, 0.05) is 26.0 Å². The number of hydrogen-bond donors (Lipinski definition) is 0. The van der Waals surface area contributed by atoms with Crippen LogP contribution in [-0.4, -0.2) is 34.4 Å². The lowest BCUT2D eigenvalue weighted by Gasteiger charge is -2.13. The fourth-order valence-electron chi connectivity index (χ4n) is 0.787. The molecule has 1 heterocycles.